The third-order valence-electron chi connectivity index (χ3n) is 4.12. The Bertz CT molecular complexity index is 712. The van der Waals surface area contributed by atoms with Crippen LogP contribution in [0, 0.1) is 0 Å². The molecule has 132 valence electrons. The van der Waals surface area contributed by atoms with Gasteiger partial charge in [-0.3, -0.25) is 4.79 Å². The van der Waals surface area contributed by atoms with E-state index in [2.05, 4.69) is 0 Å². The molecule has 3 rings (SSSR count). The van der Waals surface area contributed by atoms with Crippen LogP contribution in [0.4, 0.5) is 0 Å². The molecule has 1 amide bonds. The Kier molecular flexibility index (Phi) is 6.42. The minimum atomic E-state index is -0.445. The molecule has 1 saturated heterocycles. The number of nitrogens with zero attached hydrogens (tertiary/aromatic N) is 1. The molecule has 1 aliphatic heterocycles. The van der Waals surface area contributed by atoms with Crippen LogP contribution in [0.1, 0.15) is 35.4 Å². The molecule has 0 saturated carbocycles. The second kappa shape index (κ2) is 8.97. The summed E-state index contributed by atoms with van der Waals surface area (Å²) in [6.45, 7) is 1.34. The molecule has 0 unspecified atom stereocenters. The van der Waals surface area contributed by atoms with Crippen molar-refractivity contribution >= 4 is 46.2 Å². The molecule has 3 heterocycles. The van der Waals surface area contributed by atoms with Gasteiger partial charge in [0.25, 0.3) is 5.91 Å². The Morgan fingerprint density at radius 3 is 2.40 bits per heavy atom. The lowest BCUT2D eigenvalue weighted by Gasteiger charge is -2.20. The molecule has 1 fully saturated rings. The maximum absolute atomic E-state index is 12.6. The quantitative estimate of drug-likeness (QED) is 0.578. The van der Waals surface area contributed by atoms with Gasteiger partial charge in [0.15, 0.2) is 6.61 Å². The highest BCUT2D eigenvalue weighted by atomic mass is 32.1. The van der Waals surface area contributed by atoms with Crippen LogP contribution < -0.4 is 0 Å². The number of hydrogen-bond acceptors (Lipinski definition) is 5. The molecule has 0 spiro atoms. The summed E-state index contributed by atoms with van der Waals surface area (Å²) in [5.41, 5.74) is 0.501. The molecule has 6 heteroatoms. The zero-order chi connectivity index (χ0) is 17.5. The van der Waals surface area contributed by atoms with Crippen molar-refractivity contribution in [1.29, 1.82) is 0 Å². The minimum Gasteiger partial charge on any atom is -0.452 e. The average Bonchev–Trinajstić information content (AvgIpc) is 3.26. The molecular formula is C19H21NO3S2. The van der Waals surface area contributed by atoms with E-state index < -0.39 is 5.97 Å². The Morgan fingerprint density at radius 1 is 1.04 bits per heavy atom. The van der Waals surface area contributed by atoms with Gasteiger partial charge in [-0.05, 0) is 41.8 Å². The van der Waals surface area contributed by atoms with Gasteiger partial charge in [0.05, 0.1) is 5.57 Å². The van der Waals surface area contributed by atoms with Crippen LogP contribution in [0.15, 0.2) is 35.0 Å². The van der Waals surface area contributed by atoms with Gasteiger partial charge in [-0.25, -0.2) is 4.79 Å². The highest BCUT2D eigenvalue weighted by molar-refractivity contribution is 7.12. The number of carbonyl (C=O) groups is 2. The topological polar surface area (TPSA) is 46.6 Å². The number of ether oxygens (including phenoxy) is 1. The zero-order valence-electron chi connectivity index (χ0n) is 14.0. The average molecular weight is 376 g/mol. The number of likely N-dealkylation sites (tertiary alicyclic amines) is 1. The second-order valence-electron chi connectivity index (χ2n) is 5.92. The first-order valence-electron chi connectivity index (χ1n) is 8.48. The fraction of sp³-hybridized carbons (Fsp3) is 0.368. The molecule has 25 heavy (non-hydrogen) atoms. The highest BCUT2D eigenvalue weighted by Gasteiger charge is 2.20. The zero-order valence-corrected chi connectivity index (χ0v) is 15.6. The number of amides is 1. The third-order valence-corrected chi connectivity index (χ3v) is 5.84. The van der Waals surface area contributed by atoms with Gasteiger partial charge in [0.2, 0.25) is 0 Å². The van der Waals surface area contributed by atoms with Crippen LogP contribution in [0.5, 0.6) is 0 Å². The van der Waals surface area contributed by atoms with Gasteiger partial charge < -0.3 is 9.64 Å². The van der Waals surface area contributed by atoms with Crippen molar-refractivity contribution in [2.75, 3.05) is 19.7 Å². The van der Waals surface area contributed by atoms with Gasteiger partial charge in [-0.1, -0.05) is 25.0 Å². The fourth-order valence-electron chi connectivity index (χ4n) is 2.79. The van der Waals surface area contributed by atoms with E-state index in [1.165, 1.54) is 11.3 Å². The van der Waals surface area contributed by atoms with Crippen LogP contribution in [-0.2, 0) is 14.3 Å². The van der Waals surface area contributed by atoms with Gasteiger partial charge in [-0.2, -0.15) is 0 Å². The van der Waals surface area contributed by atoms with Gasteiger partial charge in [0, 0.05) is 22.8 Å². The van der Waals surface area contributed by atoms with E-state index in [1.807, 2.05) is 46.0 Å². The molecule has 2 aromatic rings. The monoisotopic (exact) mass is 375 g/mol. The number of carbonyl (C=O) groups excluding carboxylic acids is 2. The molecule has 0 N–H and O–H groups in total. The van der Waals surface area contributed by atoms with Crippen LogP contribution in [-0.4, -0.2) is 36.5 Å². The molecule has 1 aliphatic rings. The van der Waals surface area contributed by atoms with Crippen molar-refractivity contribution in [2.24, 2.45) is 0 Å². The lowest BCUT2D eigenvalue weighted by Crippen LogP contribution is -2.35. The summed E-state index contributed by atoms with van der Waals surface area (Å²) >= 11 is 3.05. The molecule has 2 aromatic heterocycles. The largest absolute Gasteiger partial charge is 0.452 e. The predicted molar refractivity (Wildman–Crippen MR) is 103 cm³/mol. The van der Waals surface area contributed by atoms with Crippen molar-refractivity contribution in [3.63, 3.8) is 0 Å². The van der Waals surface area contributed by atoms with E-state index in [0.717, 1.165) is 48.5 Å². The van der Waals surface area contributed by atoms with E-state index >= 15 is 0 Å². The van der Waals surface area contributed by atoms with Crippen molar-refractivity contribution in [3.8, 4) is 0 Å². The van der Waals surface area contributed by atoms with Gasteiger partial charge in [-0.15, -0.1) is 22.7 Å². The van der Waals surface area contributed by atoms with E-state index in [-0.39, 0.29) is 12.5 Å². The third kappa shape index (κ3) is 5.03. The van der Waals surface area contributed by atoms with E-state index in [1.54, 1.807) is 11.3 Å². The molecular weight excluding hydrogens is 354 g/mol. The number of esters is 1. The SMILES string of the molecule is O=C(OCC(=O)N1CCCCCC1)/C(=C\c1cccs1)c1cccs1. The lowest BCUT2D eigenvalue weighted by molar-refractivity contribution is -0.147. The van der Waals surface area contributed by atoms with Crippen LogP contribution in [0.2, 0.25) is 0 Å². The van der Waals surface area contributed by atoms with Crippen molar-refractivity contribution < 1.29 is 14.3 Å². The molecule has 0 aromatic carbocycles. The first-order valence-corrected chi connectivity index (χ1v) is 10.2. The summed E-state index contributed by atoms with van der Waals surface area (Å²) in [5.74, 6) is -0.545. The van der Waals surface area contributed by atoms with Crippen LogP contribution in [0.3, 0.4) is 0 Å². The Morgan fingerprint density at radius 2 is 1.76 bits per heavy atom. The fourth-order valence-corrected chi connectivity index (χ4v) is 4.18. The minimum absolute atomic E-state index is 0.100. The summed E-state index contributed by atoms with van der Waals surface area (Å²) in [6, 6.07) is 7.69. The Hall–Kier alpha value is -1.92. The lowest BCUT2D eigenvalue weighted by atomic mass is 10.2. The number of thiophene rings is 2. The first kappa shape index (κ1) is 17.9. The number of rotatable bonds is 5. The highest BCUT2D eigenvalue weighted by Crippen LogP contribution is 2.25. The Labute approximate surface area is 155 Å². The summed E-state index contributed by atoms with van der Waals surface area (Å²) in [4.78, 5) is 28.5. The summed E-state index contributed by atoms with van der Waals surface area (Å²) in [5, 5.41) is 3.89. The van der Waals surface area contributed by atoms with Crippen molar-refractivity contribution in [3.05, 3.63) is 44.8 Å². The van der Waals surface area contributed by atoms with Crippen molar-refractivity contribution in [2.45, 2.75) is 25.7 Å². The normalized spacial score (nSPS) is 15.7. The van der Waals surface area contributed by atoms with Crippen molar-refractivity contribution in [1.82, 2.24) is 4.90 Å². The summed E-state index contributed by atoms with van der Waals surface area (Å²) in [7, 11) is 0. The second-order valence-corrected chi connectivity index (χ2v) is 7.85. The first-order chi connectivity index (χ1) is 12.2. The van der Waals surface area contributed by atoms with Gasteiger partial charge >= 0.3 is 5.97 Å². The summed E-state index contributed by atoms with van der Waals surface area (Å²) < 4.78 is 5.35. The maximum Gasteiger partial charge on any atom is 0.340 e. The Balaban J connectivity index is 1.65. The van der Waals surface area contributed by atoms with E-state index in [4.69, 9.17) is 4.74 Å². The van der Waals surface area contributed by atoms with Crippen LogP contribution >= 0.6 is 22.7 Å². The molecule has 0 atom stereocenters. The van der Waals surface area contributed by atoms with Gasteiger partial charge in [0.1, 0.15) is 0 Å². The van der Waals surface area contributed by atoms with E-state index in [0.29, 0.717) is 5.57 Å². The molecule has 0 aliphatic carbocycles. The number of hydrogen-bond donors (Lipinski definition) is 0. The standard InChI is InChI=1S/C19H21NO3S2/c21-18(20-9-3-1-2-4-10-20)14-23-19(22)16(17-8-6-12-25-17)13-15-7-5-11-24-15/h5-8,11-13H,1-4,9-10,14H2/b16-13-. The molecule has 0 bridgehead atoms. The predicted octanol–water partition coefficient (Wildman–Crippen LogP) is 4.30. The van der Waals surface area contributed by atoms with E-state index in [9.17, 15) is 9.59 Å². The van der Waals surface area contributed by atoms with Crippen LogP contribution in [0.25, 0.3) is 11.6 Å². The molecule has 4 nitrogen and oxygen atoms in total. The molecule has 0 radical (unpaired) electrons. The smallest absolute Gasteiger partial charge is 0.340 e. The maximum atomic E-state index is 12.6. The summed E-state index contributed by atoms with van der Waals surface area (Å²) in [6.07, 6.45) is 6.21.